The van der Waals surface area contributed by atoms with Crippen LogP contribution in [0.1, 0.15) is 67.5 Å². The molecule has 1 aliphatic heterocycles. The quantitative estimate of drug-likeness (QED) is 0.414. The molecule has 2 aromatic rings. The lowest BCUT2D eigenvalue weighted by molar-refractivity contribution is -0.134. The first kappa shape index (κ1) is 27.7. The van der Waals surface area contributed by atoms with Crippen molar-refractivity contribution in [2.75, 3.05) is 19.6 Å². The van der Waals surface area contributed by atoms with Gasteiger partial charge in [-0.3, -0.25) is 14.5 Å². The number of carbonyl (C=O) groups excluding carboxylic acids is 1. The third kappa shape index (κ3) is 8.06. The fourth-order valence-corrected chi connectivity index (χ4v) is 5.55. The summed E-state index contributed by atoms with van der Waals surface area (Å²) in [5.41, 5.74) is 1.43. The SMILES string of the molecule is Cn1cc(CC(=O)CC2CCC(F)(CCN3CCc4ccc(CCC(F)(F)F)nc4CC3)CC2)c(F)n1. The van der Waals surface area contributed by atoms with Gasteiger partial charge in [-0.2, -0.15) is 17.6 Å². The van der Waals surface area contributed by atoms with E-state index in [-0.39, 0.29) is 24.5 Å². The van der Waals surface area contributed by atoms with Crippen LogP contribution >= 0.6 is 0 Å². The molecule has 0 spiro atoms. The molecule has 5 nitrogen and oxygen atoms in total. The van der Waals surface area contributed by atoms with Gasteiger partial charge in [0.05, 0.1) is 0 Å². The van der Waals surface area contributed by atoms with E-state index in [2.05, 4.69) is 15.0 Å². The average molecular weight is 527 g/mol. The lowest BCUT2D eigenvalue weighted by Crippen LogP contribution is -2.36. The number of ketones is 1. The highest BCUT2D eigenvalue weighted by molar-refractivity contribution is 5.81. The number of nitrogens with zero attached hydrogens (tertiary/aromatic N) is 4. The molecular weight excluding hydrogens is 491 g/mol. The van der Waals surface area contributed by atoms with Crippen LogP contribution in [0.15, 0.2) is 18.3 Å². The number of pyridine rings is 1. The summed E-state index contributed by atoms with van der Waals surface area (Å²) >= 11 is 0. The molecule has 4 rings (SSSR count). The first-order valence-electron chi connectivity index (χ1n) is 13.1. The van der Waals surface area contributed by atoms with E-state index in [1.165, 1.54) is 10.9 Å². The Kier molecular flexibility index (Phi) is 8.66. The van der Waals surface area contributed by atoms with E-state index in [9.17, 15) is 22.4 Å². The maximum Gasteiger partial charge on any atom is 0.389 e. The van der Waals surface area contributed by atoms with Gasteiger partial charge in [0.15, 0.2) is 0 Å². The van der Waals surface area contributed by atoms with Gasteiger partial charge in [0.2, 0.25) is 5.95 Å². The third-order valence-corrected chi connectivity index (χ3v) is 7.79. The van der Waals surface area contributed by atoms with Gasteiger partial charge in [-0.1, -0.05) is 6.07 Å². The van der Waals surface area contributed by atoms with Crippen molar-refractivity contribution in [3.8, 4) is 0 Å². The van der Waals surface area contributed by atoms with E-state index in [1.54, 1.807) is 13.1 Å². The summed E-state index contributed by atoms with van der Waals surface area (Å²) in [5.74, 6) is -0.527. The Morgan fingerprint density at radius 3 is 2.57 bits per heavy atom. The number of Topliss-reactive ketones (excluding diaryl/α,β-unsaturated/α-hetero) is 1. The maximum absolute atomic E-state index is 15.6. The summed E-state index contributed by atoms with van der Waals surface area (Å²) in [4.78, 5) is 19.1. The summed E-state index contributed by atoms with van der Waals surface area (Å²) in [7, 11) is 1.61. The number of carbonyl (C=O) groups is 1. The number of fused-ring (bicyclic) bond motifs is 1. The second kappa shape index (κ2) is 11.6. The lowest BCUT2D eigenvalue weighted by atomic mass is 9.76. The molecule has 0 amide bonds. The Bertz CT molecular complexity index is 1080. The van der Waals surface area contributed by atoms with E-state index in [0.29, 0.717) is 69.3 Å². The van der Waals surface area contributed by atoms with Crippen molar-refractivity contribution >= 4 is 5.78 Å². The molecule has 0 atom stereocenters. The molecule has 1 aliphatic carbocycles. The van der Waals surface area contributed by atoms with Crippen molar-refractivity contribution in [1.29, 1.82) is 0 Å². The molecule has 1 saturated carbocycles. The zero-order chi connectivity index (χ0) is 26.6. The minimum atomic E-state index is -4.19. The molecule has 0 N–H and O–H groups in total. The van der Waals surface area contributed by atoms with Gasteiger partial charge >= 0.3 is 6.18 Å². The number of alkyl halides is 4. The van der Waals surface area contributed by atoms with Crippen LogP contribution in [0, 0.1) is 11.9 Å². The molecule has 0 bridgehead atoms. The molecular formula is C27H35F5N4O. The molecule has 0 radical (unpaired) electrons. The highest BCUT2D eigenvalue weighted by Crippen LogP contribution is 2.39. The second-order valence-electron chi connectivity index (χ2n) is 10.7. The van der Waals surface area contributed by atoms with Crippen LogP contribution in [0.3, 0.4) is 0 Å². The monoisotopic (exact) mass is 526 g/mol. The lowest BCUT2D eigenvalue weighted by Gasteiger charge is -2.35. The smallest absolute Gasteiger partial charge is 0.302 e. The molecule has 1 fully saturated rings. The topological polar surface area (TPSA) is 51.0 Å². The highest BCUT2D eigenvalue weighted by atomic mass is 19.4. The number of rotatable bonds is 9. The number of aromatic nitrogens is 3. The summed E-state index contributed by atoms with van der Waals surface area (Å²) in [5, 5.41) is 3.63. The summed E-state index contributed by atoms with van der Waals surface area (Å²) in [6, 6.07) is 3.58. The van der Waals surface area contributed by atoms with E-state index in [0.717, 1.165) is 24.2 Å². The molecule has 10 heteroatoms. The zero-order valence-corrected chi connectivity index (χ0v) is 21.3. The number of aryl methyl sites for hydroxylation is 2. The van der Waals surface area contributed by atoms with E-state index in [1.807, 2.05) is 6.07 Å². The van der Waals surface area contributed by atoms with Crippen molar-refractivity contribution in [2.24, 2.45) is 13.0 Å². The van der Waals surface area contributed by atoms with E-state index < -0.39 is 24.2 Å². The first-order valence-corrected chi connectivity index (χ1v) is 13.1. The van der Waals surface area contributed by atoms with Crippen molar-refractivity contribution in [3.63, 3.8) is 0 Å². The fourth-order valence-electron chi connectivity index (χ4n) is 5.55. The van der Waals surface area contributed by atoms with Gasteiger partial charge in [-0.05, 0) is 62.5 Å². The summed E-state index contributed by atoms with van der Waals surface area (Å²) in [6.07, 6.45) is 0.663. The average Bonchev–Trinajstić information content (AvgIpc) is 3.02. The highest BCUT2D eigenvalue weighted by Gasteiger charge is 2.36. The molecule has 0 aromatic carbocycles. The largest absolute Gasteiger partial charge is 0.389 e. The van der Waals surface area contributed by atoms with Crippen LogP contribution in [-0.4, -0.2) is 56.9 Å². The normalized spacial score (nSPS) is 23.0. The molecule has 2 aliphatic rings. The van der Waals surface area contributed by atoms with Gasteiger partial charge in [-0.15, -0.1) is 5.10 Å². The number of hydrogen-bond donors (Lipinski definition) is 0. The third-order valence-electron chi connectivity index (χ3n) is 7.79. The Morgan fingerprint density at radius 1 is 1.16 bits per heavy atom. The van der Waals surface area contributed by atoms with Gasteiger partial charge in [0.25, 0.3) is 0 Å². The van der Waals surface area contributed by atoms with Gasteiger partial charge in [0.1, 0.15) is 11.5 Å². The molecule has 37 heavy (non-hydrogen) atoms. The second-order valence-corrected chi connectivity index (χ2v) is 10.7. The minimum absolute atomic E-state index is 0.0208. The van der Waals surface area contributed by atoms with Gasteiger partial charge < -0.3 is 4.90 Å². The van der Waals surface area contributed by atoms with Crippen molar-refractivity contribution in [1.82, 2.24) is 19.7 Å². The summed E-state index contributed by atoms with van der Waals surface area (Å²) in [6.45, 7) is 2.10. The van der Waals surface area contributed by atoms with Crippen LogP contribution in [0.25, 0.3) is 0 Å². The fraction of sp³-hybridized carbons (Fsp3) is 0.667. The van der Waals surface area contributed by atoms with Crippen LogP contribution in [0.2, 0.25) is 0 Å². The van der Waals surface area contributed by atoms with Gasteiger partial charge in [-0.25, -0.2) is 4.39 Å². The van der Waals surface area contributed by atoms with E-state index >= 15 is 4.39 Å². The maximum atomic E-state index is 15.6. The van der Waals surface area contributed by atoms with Crippen molar-refractivity contribution in [2.45, 2.75) is 82.5 Å². The predicted octanol–water partition coefficient (Wildman–Crippen LogP) is 5.34. The van der Waals surface area contributed by atoms with Crippen LogP contribution in [0.4, 0.5) is 22.0 Å². The Hall–Kier alpha value is -2.36. The van der Waals surface area contributed by atoms with Crippen LogP contribution < -0.4 is 0 Å². The molecule has 204 valence electrons. The standard InChI is InChI=1S/C27H35F5N4O/c1-35-18-21(25(28)34-35)17-23(37)16-19-4-9-26(29,10-5-19)12-15-36-13-7-20-2-3-22(6-11-27(30,31)32)33-24(20)8-14-36/h2-3,18-19H,4-17H2,1H3. The van der Waals surface area contributed by atoms with Crippen molar-refractivity contribution < 1.29 is 26.7 Å². The molecule has 0 unspecified atom stereocenters. The van der Waals surface area contributed by atoms with Crippen LogP contribution in [-0.2, 0) is 37.5 Å². The Labute approximate surface area is 214 Å². The predicted molar refractivity (Wildman–Crippen MR) is 129 cm³/mol. The number of hydrogen-bond acceptors (Lipinski definition) is 4. The molecule has 2 aromatic heterocycles. The minimum Gasteiger partial charge on any atom is -0.302 e. The number of halogens is 5. The van der Waals surface area contributed by atoms with Gasteiger partial charge in [0, 0.05) is 75.5 Å². The van der Waals surface area contributed by atoms with Crippen molar-refractivity contribution in [3.05, 3.63) is 46.8 Å². The Morgan fingerprint density at radius 2 is 1.89 bits per heavy atom. The summed E-state index contributed by atoms with van der Waals surface area (Å²) < 4.78 is 68.2. The molecule has 0 saturated heterocycles. The zero-order valence-electron chi connectivity index (χ0n) is 21.3. The Balaban J connectivity index is 1.20. The van der Waals surface area contributed by atoms with E-state index in [4.69, 9.17) is 0 Å². The van der Waals surface area contributed by atoms with Crippen LogP contribution in [0.5, 0.6) is 0 Å². The molecule has 3 heterocycles. The first-order chi connectivity index (χ1) is 17.5.